The zero-order valence-electron chi connectivity index (χ0n) is 8.38. The lowest BCUT2D eigenvalue weighted by Crippen LogP contribution is -2.19. The van der Waals surface area contributed by atoms with E-state index in [0.29, 0.717) is 12.0 Å². The molecule has 1 N–H and O–H groups in total. The van der Waals surface area contributed by atoms with E-state index < -0.39 is 0 Å². The molecular formula is C10H18O3. The SMILES string of the molecule is C=C(C)C(=O)OC(CCC)CCO. The third-order valence-corrected chi connectivity index (χ3v) is 1.68. The van der Waals surface area contributed by atoms with E-state index in [2.05, 4.69) is 6.58 Å². The molecule has 3 heteroatoms. The predicted octanol–water partition coefficient (Wildman–Crippen LogP) is 1.66. The molecule has 0 spiro atoms. The molecule has 1 atom stereocenters. The zero-order chi connectivity index (χ0) is 10.3. The van der Waals surface area contributed by atoms with E-state index in [1.165, 1.54) is 0 Å². The molecule has 0 aromatic rings. The maximum absolute atomic E-state index is 11.1. The van der Waals surface area contributed by atoms with Crippen molar-refractivity contribution in [2.45, 2.75) is 39.2 Å². The Kier molecular flexibility index (Phi) is 6.24. The molecule has 0 aliphatic carbocycles. The van der Waals surface area contributed by atoms with Crippen LogP contribution in [0.3, 0.4) is 0 Å². The van der Waals surface area contributed by atoms with Crippen LogP contribution in [0.5, 0.6) is 0 Å². The molecule has 0 aromatic heterocycles. The van der Waals surface area contributed by atoms with Gasteiger partial charge in [-0.05, 0) is 13.3 Å². The normalized spacial score (nSPS) is 12.2. The van der Waals surface area contributed by atoms with Gasteiger partial charge in [0.05, 0.1) is 0 Å². The Morgan fingerprint density at radius 1 is 1.54 bits per heavy atom. The van der Waals surface area contributed by atoms with Crippen LogP contribution in [0, 0.1) is 0 Å². The van der Waals surface area contributed by atoms with E-state index in [-0.39, 0.29) is 18.7 Å². The fourth-order valence-electron chi connectivity index (χ4n) is 0.980. The van der Waals surface area contributed by atoms with Gasteiger partial charge in [0.1, 0.15) is 6.10 Å². The molecule has 0 amide bonds. The molecule has 0 radical (unpaired) electrons. The Balaban J connectivity index is 3.93. The van der Waals surface area contributed by atoms with Gasteiger partial charge in [-0.1, -0.05) is 19.9 Å². The molecule has 1 unspecified atom stereocenters. The van der Waals surface area contributed by atoms with Crippen LogP contribution in [-0.2, 0) is 9.53 Å². The summed E-state index contributed by atoms with van der Waals surface area (Å²) in [5.41, 5.74) is 0.402. The number of carbonyl (C=O) groups excluding carboxylic acids is 1. The van der Waals surface area contributed by atoms with Crippen molar-refractivity contribution in [1.29, 1.82) is 0 Å². The summed E-state index contributed by atoms with van der Waals surface area (Å²) < 4.78 is 5.09. The molecule has 0 bridgehead atoms. The highest BCUT2D eigenvalue weighted by molar-refractivity contribution is 5.87. The molecule has 76 valence electrons. The van der Waals surface area contributed by atoms with Crippen LogP contribution in [0.1, 0.15) is 33.1 Å². The van der Waals surface area contributed by atoms with Crippen molar-refractivity contribution in [3.05, 3.63) is 12.2 Å². The van der Waals surface area contributed by atoms with Crippen molar-refractivity contribution in [3.63, 3.8) is 0 Å². The molecule has 0 rings (SSSR count). The maximum Gasteiger partial charge on any atom is 0.333 e. The molecule has 0 aliphatic rings. The first kappa shape index (κ1) is 12.2. The molecule has 3 nitrogen and oxygen atoms in total. The van der Waals surface area contributed by atoms with Gasteiger partial charge in [0.15, 0.2) is 0 Å². The van der Waals surface area contributed by atoms with Crippen LogP contribution in [0.15, 0.2) is 12.2 Å². The van der Waals surface area contributed by atoms with E-state index in [1.54, 1.807) is 6.92 Å². The van der Waals surface area contributed by atoms with Gasteiger partial charge in [-0.3, -0.25) is 0 Å². The summed E-state index contributed by atoms with van der Waals surface area (Å²) in [6, 6.07) is 0. The molecule has 0 heterocycles. The van der Waals surface area contributed by atoms with Gasteiger partial charge in [-0.2, -0.15) is 0 Å². The number of rotatable bonds is 6. The molecular weight excluding hydrogens is 168 g/mol. The van der Waals surface area contributed by atoms with Gasteiger partial charge in [-0.15, -0.1) is 0 Å². The van der Waals surface area contributed by atoms with E-state index in [1.807, 2.05) is 6.92 Å². The zero-order valence-corrected chi connectivity index (χ0v) is 8.38. The topological polar surface area (TPSA) is 46.5 Å². The van der Waals surface area contributed by atoms with Gasteiger partial charge >= 0.3 is 5.97 Å². The summed E-state index contributed by atoms with van der Waals surface area (Å²) >= 11 is 0. The fourth-order valence-corrected chi connectivity index (χ4v) is 0.980. The minimum Gasteiger partial charge on any atom is -0.459 e. The highest BCUT2D eigenvalue weighted by atomic mass is 16.5. The Morgan fingerprint density at radius 3 is 2.54 bits per heavy atom. The molecule has 0 saturated heterocycles. The van der Waals surface area contributed by atoms with Gasteiger partial charge in [0.25, 0.3) is 0 Å². The molecule has 0 aromatic carbocycles. The average Bonchev–Trinajstić information content (AvgIpc) is 2.05. The smallest absolute Gasteiger partial charge is 0.333 e. The number of ether oxygens (including phenoxy) is 1. The molecule has 0 fully saturated rings. The van der Waals surface area contributed by atoms with Crippen molar-refractivity contribution in [3.8, 4) is 0 Å². The first-order chi connectivity index (χ1) is 6.11. The summed E-state index contributed by atoms with van der Waals surface area (Å²) in [7, 11) is 0. The molecule has 0 saturated carbocycles. The first-order valence-electron chi connectivity index (χ1n) is 4.59. The third-order valence-electron chi connectivity index (χ3n) is 1.68. The van der Waals surface area contributed by atoms with Crippen LogP contribution in [0.2, 0.25) is 0 Å². The summed E-state index contributed by atoms with van der Waals surface area (Å²) in [5, 5.41) is 8.70. The summed E-state index contributed by atoms with van der Waals surface area (Å²) in [5.74, 6) is -0.369. The van der Waals surface area contributed by atoms with E-state index >= 15 is 0 Å². The van der Waals surface area contributed by atoms with Crippen molar-refractivity contribution in [1.82, 2.24) is 0 Å². The van der Waals surface area contributed by atoms with Crippen molar-refractivity contribution in [2.24, 2.45) is 0 Å². The molecule has 13 heavy (non-hydrogen) atoms. The number of hydrogen-bond donors (Lipinski definition) is 1. The summed E-state index contributed by atoms with van der Waals surface area (Å²) in [6.45, 7) is 7.17. The van der Waals surface area contributed by atoms with E-state index in [9.17, 15) is 4.79 Å². The van der Waals surface area contributed by atoms with Crippen LogP contribution in [0.25, 0.3) is 0 Å². The van der Waals surface area contributed by atoms with E-state index in [4.69, 9.17) is 9.84 Å². The lowest BCUT2D eigenvalue weighted by molar-refractivity contribution is -0.145. The van der Waals surface area contributed by atoms with Crippen molar-refractivity contribution >= 4 is 5.97 Å². The Morgan fingerprint density at radius 2 is 2.15 bits per heavy atom. The number of aliphatic hydroxyl groups excluding tert-OH is 1. The van der Waals surface area contributed by atoms with Crippen molar-refractivity contribution in [2.75, 3.05) is 6.61 Å². The lowest BCUT2D eigenvalue weighted by Gasteiger charge is -2.15. The van der Waals surface area contributed by atoms with E-state index in [0.717, 1.165) is 12.8 Å². The van der Waals surface area contributed by atoms with Gasteiger partial charge in [0, 0.05) is 18.6 Å². The first-order valence-corrected chi connectivity index (χ1v) is 4.59. The third kappa shape index (κ3) is 5.42. The summed E-state index contributed by atoms with van der Waals surface area (Å²) in [4.78, 5) is 11.1. The Hall–Kier alpha value is -0.830. The minimum absolute atomic E-state index is 0.0497. The highest BCUT2D eigenvalue weighted by Crippen LogP contribution is 2.08. The molecule has 0 aliphatic heterocycles. The lowest BCUT2D eigenvalue weighted by atomic mass is 10.1. The monoisotopic (exact) mass is 186 g/mol. The number of hydrogen-bond acceptors (Lipinski definition) is 3. The van der Waals surface area contributed by atoms with Gasteiger partial charge in [0.2, 0.25) is 0 Å². The second-order valence-corrected chi connectivity index (χ2v) is 3.11. The van der Waals surface area contributed by atoms with Gasteiger partial charge in [-0.25, -0.2) is 4.79 Å². The quantitative estimate of drug-likeness (QED) is 0.507. The van der Waals surface area contributed by atoms with Crippen molar-refractivity contribution < 1.29 is 14.6 Å². The Labute approximate surface area is 79.4 Å². The minimum atomic E-state index is -0.369. The van der Waals surface area contributed by atoms with Crippen LogP contribution >= 0.6 is 0 Å². The number of carbonyl (C=O) groups is 1. The summed E-state index contributed by atoms with van der Waals surface area (Å²) in [6.07, 6.45) is 2.07. The largest absolute Gasteiger partial charge is 0.459 e. The fraction of sp³-hybridized carbons (Fsp3) is 0.700. The Bertz CT molecular complexity index is 169. The highest BCUT2D eigenvalue weighted by Gasteiger charge is 2.12. The number of esters is 1. The van der Waals surface area contributed by atoms with Gasteiger partial charge < -0.3 is 9.84 Å². The standard InChI is InChI=1S/C10H18O3/c1-4-5-9(6-7-11)13-10(12)8(2)3/h9,11H,2,4-7H2,1,3H3. The average molecular weight is 186 g/mol. The second kappa shape index (κ2) is 6.66. The van der Waals surface area contributed by atoms with Crippen LogP contribution < -0.4 is 0 Å². The maximum atomic E-state index is 11.1. The second-order valence-electron chi connectivity index (χ2n) is 3.11. The van der Waals surface area contributed by atoms with Crippen LogP contribution in [0.4, 0.5) is 0 Å². The predicted molar refractivity (Wildman–Crippen MR) is 51.3 cm³/mol. The van der Waals surface area contributed by atoms with Crippen LogP contribution in [-0.4, -0.2) is 23.8 Å². The number of aliphatic hydroxyl groups is 1.